The van der Waals surface area contributed by atoms with Crippen molar-refractivity contribution in [3.05, 3.63) is 0 Å². The first-order chi connectivity index (χ1) is 4.24. The monoisotopic (exact) mass is 145 g/mol. The average molecular weight is 145 g/mol. The number of carbonyl (C=O) groups excluding carboxylic acids is 2. The predicted octanol–water partition coefficient (Wildman–Crippen LogP) is -0.235. The molecule has 1 N–H and O–H groups in total. The van der Waals surface area contributed by atoms with Crippen LogP contribution < -0.4 is 5.32 Å². The van der Waals surface area contributed by atoms with Gasteiger partial charge in [0.15, 0.2) is 0 Å². The van der Waals surface area contributed by atoms with Crippen LogP contribution in [0.15, 0.2) is 0 Å². The number of carbonyl (C=O) groups is 2. The fourth-order valence-electron chi connectivity index (χ4n) is 0.720. The molecule has 0 aromatic carbocycles. The van der Waals surface area contributed by atoms with E-state index < -0.39 is 0 Å². The summed E-state index contributed by atoms with van der Waals surface area (Å²) >= 11 is 1.41. The Hall–Kier alpha value is -0.510. The van der Waals surface area contributed by atoms with E-state index in [1.165, 1.54) is 11.8 Å². The number of thioether (sulfide) groups is 1. The lowest BCUT2D eigenvalue weighted by atomic mass is 10.4. The highest BCUT2D eigenvalue weighted by Crippen LogP contribution is 2.15. The van der Waals surface area contributed by atoms with Crippen LogP contribution in [-0.4, -0.2) is 23.3 Å². The van der Waals surface area contributed by atoms with Gasteiger partial charge in [0.05, 0.1) is 5.25 Å². The summed E-state index contributed by atoms with van der Waals surface area (Å²) in [4.78, 5) is 21.1. The number of rotatable bonds is 1. The average Bonchev–Trinajstić information content (AvgIpc) is 2.10. The maximum absolute atomic E-state index is 10.7. The molecule has 1 fully saturated rings. The van der Waals surface area contributed by atoms with Crippen molar-refractivity contribution < 1.29 is 9.59 Å². The van der Waals surface area contributed by atoms with Gasteiger partial charge in [0.25, 0.3) is 0 Å². The molecule has 4 heteroatoms. The number of hydrogen-bond acceptors (Lipinski definition) is 3. The highest BCUT2D eigenvalue weighted by molar-refractivity contribution is 8.00. The van der Waals surface area contributed by atoms with Gasteiger partial charge in [-0.2, -0.15) is 11.8 Å². The summed E-state index contributed by atoms with van der Waals surface area (Å²) in [6, 6.07) is 0. The molecule has 1 aliphatic rings. The van der Waals surface area contributed by atoms with E-state index in [2.05, 4.69) is 5.32 Å². The molecule has 0 bridgehead atoms. The minimum Gasteiger partial charge on any atom is -0.295 e. The lowest BCUT2D eigenvalue weighted by Crippen LogP contribution is -2.22. The molecule has 1 saturated heterocycles. The fourth-order valence-corrected chi connectivity index (χ4v) is 1.31. The van der Waals surface area contributed by atoms with Crippen LogP contribution in [0.25, 0.3) is 0 Å². The lowest BCUT2D eigenvalue weighted by molar-refractivity contribution is -0.124. The van der Waals surface area contributed by atoms with E-state index in [1.807, 2.05) is 6.26 Å². The molecule has 0 aromatic rings. The largest absolute Gasteiger partial charge is 0.295 e. The zero-order chi connectivity index (χ0) is 6.85. The summed E-state index contributed by atoms with van der Waals surface area (Å²) in [5.41, 5.74) is 0. The maximum Gasteiger partial charge on any atom is 0.240 e. The minimum atomic E-state index is -0.153. The first-order valence-corrected chi connectivity index (χ1v) is 3.89. The zero-order valence-electron chi connectivity index (χ0n) is 5.01. The van der Waals surface area contributed by atoms with Crippen LogP contribution in [0.2, 0.25) is 0 Å². The molecule has 0 aliphatic carbocycles. The Morgan fingerprint density at radius 1 is 1.67 bits per heavy atom. The fraction of sp³-hybridized carbons (Fsp3) is 0.600. The van der Waals surface area contributed by atoms with Gasteiger partial charge in [-0.15, -0.1) is 0 Å². The second-order valence-electron chi connectivity index (χ2n) is 1.84. The van der Waals surface area contributed by atoms with E-state index >= 15 is 0 Å². The van der Waals surface area contributed by atoms with Gasteiger partial charge in [-0.25, -0.2) is 0 Å². The topological polar surface area (TPSA) is 46.2 Å². The van der Waals surface area contributed by atoms with Crippen molar-refractivity contribution in [3.8, 4) is 0 Å². The van der Waals surface area contributed by atoms with Gasteiger partial charge in [-0.05, 0) is 6.26 Å². The van der Waals surface area contributed by atoms with Crippen LogP contribution in [0.3, 0.4) is 0 Å². The van der Waals surface area contributed by atoms with E-state index in [0.29, 0.717) is 6.42 Å². The third-order valence-electron chi connectivity index (χ3n) is 1.21. The molecule has 3 nitrogen and oxygen atoms in total. The van der Waals surface area contributed by atoms with E-state index in [-0.39, 0.29) is 17.1 Å². The Kier molecular flexibility index (Phi) is 1.75. The van der Waals surface area contributed by atoms with Crippen molar-refractivity contribution >= 4 is 23.6 Å². The number of nitrogens with one attached hydrogen (secondary N) is 1. The van der Waals surface area contributed by atoms with Crippen LogP contribution >= 0.6 is 11.8 Å². The van der Waals surface area contributed by atoms with Crippen molar-refractivity contribution in [1.29, 1.82) is 0 Å². The van der Waals surface area contributed by atoms with Gasteiger partial charge in [0, 0.05) is 6.42 Å². The number of imide groups is 1. The molecular weight excluding hydrogens is 138 g/mol. The molecular formula is C5H7NO2S. The Bertz CT molecular complexity index is 157. The summed E-state index contributed by atoms with van der Waals surface area (Å²) in [7, 11) is 0. The minimum absolute atomic E-state index is 0.141. The summed E-state index contributed by atoms with van der Waals surface area (Å²) in [5.74, 6) is -0.299. The second kappa shape index (κ2) is 2.39. The molecule has 0 radical (unpaired) electrons. The number of amides is 2. The standard InChI is InChI=1S/C5H7NO2S/c1-9-3-2-4(7)6-5(3)8/h3H,2H2,1H3,(H,6,7,8)/t3-/m1/s1. The van der Waals surface area contributed by atoms with Crippen LogP contribution in [-0.2, 0) is 9.59 Å². The van der Waals surface area contributed by atoms with E-state index in [1.54, 1.807) is 0 Å². The smallest absolute Gasteiger partial charge is 0.240 e. The van der Waals surface area contributed by atoms with Gasteiger partial charge in [0.2, 0.25) is 11.8 Å². The maximum atomic E-state index is 10.7. The third kappa shape index (κ3) is 1.24. The summed E-state index contributed by atoms with van der Waals surface area (Å²) < 4.78 is 0. The Labute approximate surface area is 57.2 Å². The Morgan fingerprint density at radius 3 is 2.56 bits per heavy atom. The number of hydrogen-bond donors (Lipinski definition) is 1. The van der Waals surface area contributed by atoms with Gasteiger partial charge in [0.1, 0.15) is 0 Å². The van der Waals surface area contributed by atoms with E-state index in [9.17, 15) is 9.59 Å². The van der Waals surface area contributed by atoms with Crippen molar-refractivity contribution in [2.45, 2.75) is 11.7 Å². The molecule has 1 atom stereocenters. The molecule has 1 aliphatic heterocycles. The molecule has 0 unspecified atom stereocenters. The quantitative estimate of drug-likeness (QED) is 0.518. The normalized spacial score (nSPS) is 26.6. The molecule has 0 aromatic heterocycles. The van der Waals surface area contributed by atoms with Crippen LogP contribution in [0.1, 0.15) is 6.42 Å². The van der Waals surface area contributed by atoms with Crippen LogP contribution in [0.4, 0.5) is 0 Å². The van der Waals surface area contributed by atoms with Crippen molar-refractivity contribution in [3.63, 3.8) is 0 Å². The van der Waals surface area contributed by atoms with Crippen molar-refractivity contribution in [2.75, 3.05) is 6.26 Å². The highest BCUT2D eigenvalue weighted by atomic mass is 32.2. The molecule has 50 valence electrons. The summed E-state index contributed by atoms with van der Waals surface area (Å²) in [6.07, 6.45) is 2.17. The molecule has 1 rings (SSSR count). The first kappa shape index (κ1) is 6.61. The third-order valence-corrected chi connectivity index (χ3v) is 2.16. The van der Waals surface area contributed by atoms with Crippen LogP contribution in [0.5, 0.6) is 0 Å². The molecule has 9 heavy (non-hydrogen) atoms. The van der Waals surface area contributed by atoms with E-state index in [4.69, 9.17) is 0 Å². The summed E-state index contributed by atoms with van der Waals surface area (Å²) in [5, 5.41) is 2.08. The van der Waals surface area contributed by atoms with Crippen LogP contribution in [0, 0.1) is 0 Å². The van der Waals surface area contributed by atoms with Gasteiger partial charge >= 0.3 is 0 Å². The highest BCUT2D eigenvalue weighted by Gasteiger charge is 2.29. The van der Waals surface area contributed by atoms with Gasteiger partial charge in [-0.1, -0.05) is 0 Å². The zero-order valence-corrected chi connectivity index (χ0v) is 5.83. The van der Waals surface area contributed by atoms with Gasteiger partial charge in [-0.3, -0.25) is 14.9 Å². The molecule has 0 saturated carbocycles. The van der Waals surface area contributed by atoms with Gasteiger partial charge < -0.3 is 0 Å². The Morgan fingerprint density at radius 2 is 2.33 bits per heavy atom. The first-order valence-electron chi connectivity index (χ1n) is 2.60. The molecule has 2 amide bonds. The molecule has 1 heterocycles. The van der Waals surface area contributed by atoms with Crippen molar-refractivity contribution in [1.82, 2.24) is 5.32 Å². The second-order valence-corrected chi connectivity index (χ2v) is 2.88. The Balaban J connectivity index is 2.58. The SMILES string of the molecule is CS[C@@H]1CC(=O)NC1=O. The lowest BCUT2D eigenvalue weighted by Gasteiger charge is -1.96. The van der Waals surface area contributed by atoms with E-state index in [0.717, 1.165) is 0 Å². The molecule has 0 spiro atoms. The summed E-state index contributed by atoms with van der Waals surface area (Å²) in [6.45, 7) is 0. The predicted molar refractivity (Wildman–Crippen MR) is 35.1 cm³/mol. The van der Waals surface area contributed by atoms with Crippen molar-refractivity contribution in [2.24, 2.45) is 0 Å².